The van der Waals surface area contributed by atoms with Crippen LogP contribution in [0.25, 0.3) is 0 Å². The molecular formula is C15H22N2O2. The first-order chi connectivity index (χ1) is 9.11. The highest BCUT2D eigenvalue weighted by Gasteiger charge is 2.22. The highest BCUT2D eigenvalue weighted by Crippen LogP contribution is 2.29. The molecule has 0 aromatic heterocycles. The summed E-state index contributed by atoms with van der Waals surface area (Å²) in [6.07, 6.45) is 0. The van der Waals surface area contributed by atoms with Gasteiger partial charge in [0.15, 0.2) is 0 Å². The molecule has 1 aliphatic heterocycles. The predicted molar refractivity (Wildman–Crippen MR) is 75.9 cm³/mol. The molecule has 1 aliphatic rings. The molecule has 4 heteroatoms. The molecule has 104 valence electrons. The molecule has 1 N–H and O–H groups in total. The van der Waals surface area contributed by atoms with Gasteiger partial charge >= 0.3 is 0 Å². The number of amides is 1. The van der Waals surface area contributed by atoms with E-state index in [4.69, 9.17) is 4.74 Å². The Morgan fingerprint density at radius 3 is 2.89 bits per heavy atom. The highest BCUT2D eigenvalue weighted by molar-refractivity contribution is 5.93. The summed E-state index contributed by atoms with van der Waals surface area (Å²) in [5, 5.41) is 3.02. The van der Waals surface area contributed by atoms with Gasteiger partial charge in [0.25, 0.3) is 0 Å². The molecule has 0 bridgehead atoms. The Balaban J connectivity index is 2.09. The number of anilines is 1. The van der Waals surface area contributed by atoms with E-state index in [1.807, 2.05) is 26.0 Å². The van der Waals surface area contributed by atoms with Gasteiger partial charge in [0.2, 0.25) is 5.91 Å². The van der Waals surface area contributed by atoms with E-state index in [0.29, 0.717) is 0 Å². The van der Waals surface area contributed by atoms with Crippen molar-refractivity contribution in [3.05, 3.63) is 29.3 Å². The van der Waals surface area contributed by atoms with Crippen molar-refractivity contribution in [3.8, 4) is 0 Å². The molecule has 1 heterocycles. The molecule has 1 aromatic rings. The van der Waals surface area contributed by atoms with Crippen LogP contribution in [-0.2, 0) is 22.6 Å². The van der Waals surface area contributed by atoms with Crippen LogP contribution in [0.3, 0.4) is 0 Å². The molecule has 1 amide bonds. The first kappa shape index (κ1) is 14.0. The average Bonchev–Trinajstić information content (AvgIpc) is 2.80. The van der Waals surface area contributed by atoms with E-state index < -0.39 is 0 Å². The largest absolute Gasteiger partial charge is 0.383 e. The minimum absolute atomic E-state index is 0.00172. The lowest BCUT2D eigenvalue weighted by molar-refractivity contribution is -0.118. The summed E-state index contributed by atoms with van der Waals surface area (Å²) < 4.78 is 5.12. The topological polar surface area (TPSA) is 41.6 Å². The van der Waals surface area contributed by atoms with Gasteiger partial charge in [-0.25, -0.2) is 0 Å². The quantitative estimate of drug-likeness (QED) is 0.885. The Hall–Kier alpha value is -1.39. The van der Waals surface area contributed by atoms with Crippen LogP contribution in [0.4, 0.5) is 5.69 Å². The molecule has 2 rings (SSSR count). The van der Waals surface area contributed by atoms with E-state index in [0.717, 1.165) is 31.9 Å². The van der Waals surface area contributed by atoms with Crippen LogP contribution >= 0.6 is 0 Å². The molecule has 0 spiro atoms. The summed E-state index contributed by atoms with van der Waals surface area (Å²) in [6.45, 7) is 7.29. The summed E-state index contributed by atoms with van der Waals surface area (Å²) >= 11 is 0. The lowest BCUT2D eigenvalue weighted by atomic mass is 10.1. The second-order valence-electron chi connectivity index (χ2n) is 5.29. The van der Waals surface area contributed by atoms with E-state index in [-0.39, 0.29) is 11.8 Å². The summed E-state index contributed by atoms with van der Waals surface area (Å²) in [5.41, 5.74) is 3.50. The van der Waals surface area contributed by atoms with Gasteiger partial charge in [-0.2, -0.15) is 0 Å². The summed E-state index contributed by atoms with van der Waals surface area (Å²) in [4.78, 5) is 14.2. The minimum atomic E-state index is 0.00172. The van der Waals surface area contributed by atoms with Crippen LogP contribution < -0.4 is 5.32 Å². The number of ether oxygens (including phenoxy) is 1. The molecule has 1 aromatic carbocycles. The van der Waals surface area contributed by atoms with Crippen molar-refractivity contribution in [2.75, 3.05) is 25.6 Å². The molecule has 0 saturated heterocycles. The number of rotatable bonds is 5. The third-order valence-corrected chi connectivity index (χ3v) is 3.44. The van der Waals surface area contributed by atoms with E-state index in [2.05, 4.69) is 16.3 Å². The van der Waals surface area contributed by atoms with Crippen molar-refractivity contribution in [1.29, 1.82) is 0 Å². The van der Waals surface area contributed by atoms with E-state index in [1.165, 1.54) is 11.1 Å². The lowest BCUT2D eigenvalue weighted by Gasteiger charge is -2.14. The fraction of sp³-hybridized carbons (Fsp3) is 0.533. The SMILES string of the molecule is COCCN1Cc2cccc(NC(=O)C(C)C)c2C1. The second kappa shape index (κ2) is 6.17. The number of fused-ring (bicyclic) bond motifs is 1. The fourth-order valence-electron chi connectivity index (χ4n) is 2.26. The lowest BCUT2D eigenvalue weighted by Crippen LogP contribution is -2.22. The minimum Gasteiger partial charge on any atom is -0.383 e. The summed E-state index contributed by atoms with van der Waals surface area (Å²) in [5.74, 6) is 0.0746. The standard InChI is InChI=1S/C15H22N2O2/c1-11(2)15(18)16-14-6-4-5-12-9-17(7-8-19-3)10-13(12)14/h4-6,11H,7-10H2,1-3H3,(H,16,18). The highest BCUT2D eigenvalue weighted by atomic mass is 16.5. The average molecular weight is 262 g/mol. The van der Waals surface area contributed by atoms with Crippen LogP contribution in [0, 0.1) is 5.92 Å². The van der Waals surface area contributed by atoms with Crippen LogP contribution in [0.2, 0.25) is 0 Å². The summed E-state index contributed by atoms with van der Waals surface area (Å²) in [6, 6.07) is 6.13. The van der Waals surface area contributed by atoms with Gasteiger partial charge in [0.05, 0.1) is 6.61 Å². The fourth-order valence-corrected chi connectivity index (χ4v) is 2.26. The summed E-state index contributed by atoms with van der Waals surface area (Å²) in [7, 11) is 1.72. The Morgan fingerprint density at radius 2 is 2.21 bits per heavy atom. The number of carbonyl (C=O) groups is 1. The van der Waals surface area contributed by atoms with Crippen molar-refractivity contribution in [2.45, 2.75) is 26.9 Å². The van der Waals surface area contributed by atoms with E-state index in [9.17, 15) is 4.79 Å². The maximum Gasteiger partial charge on any atom is 0.226 e. The zero-order valence-corrected chi connectivity index (χ0v) is 11.9. The van der Waals surface area contributed by atoms with Crippen molar-refractivity contribution >= 4 is 11.6 Å². The van der Waals surface area contributed by atoms with Gasteiger partial charge in [-0.05, 0) is 17.2 Å². The van der Waals surface area contributed by atoms with Gasteiger partial charge in [-0.15, -0.1) is 0 Å². The predicted octanol–water partition coefficient (Wildman–Crippen LogP) is 2.24. The molecule has 4 nitrogen and oxygen atoms in total. The maximum absolute atomic E-state index is 11.8. The zero-order chi connectivity index (χ0) is 13.8. The first-order valence-electron chi connectivity index (χ1n) is 6.74. The Labute approximate surface area is 114 Å². The normalized spacial score (nSPS) is 14.7. The maximum atomic E-state index is 11.8. The smallest absolute Gasteiger partial charge is 0.226 e. The number of benzene rings is 1. The molecule has 0 fully saturated rings. The van der Waals surface area contributed by atoms with E-state index >= 15 is 0 Å². The third kappa shape index (κ3) is 3.33. The van der Waals surface area contributed by atoms with Crippen molar-refractivity contribution < 1.29 is 9.53 Å². The van der Waals surface area contributed by atoms with E-state index in [1.54, 1.807) is 7.11 Å². The number of carbonyl (C=O) groups excluding carboxylic acids is 1. The van der Waals surface area contributed by atoms with Gasteiger partial charge < -0.3 is 10.1 Å². The zero-order valence-electron chi connectivity index (χ0n) is 11.9. The number of nitrogens with zero attached hydrogens (tertiary/aromatic N) is 1. The molecule has 19 heavy (non-hydrogen) atoms. The van der Waals surface area contributed by atoms with Gasteiger partial charge in [0, 0.05) is 38.3 Å². The number of hydrogen-bond acceptors (Lipinski definition) is 3. The van der Waals surface area contributed by atoms with Crippen LogP contribution in [0.5, 0.6) is 0 Å². The first-order valence-corrected chi connectivity index (χ1v) is 6.74. The third-order valence-electron chi connectivity index (χ3n) is 3.44. The molecule has 0 atom stereocenters. The van der Waals surface area contributed by atoms with Crippen molar-refractivity contribution in [1.82, 2.24) is 4.90 Å². The second-order valence-corrected chi connectivity index (χ2v) is 5.29. The molecule has 0 radical (unpaired) electrons. The van der Waals surface area contributed by atoms with Crippen LogP contribution in [0.1, 0.15) is 25.0 Å². The number of nitrogens with one attached hydrogen (secondary N) is 1. The van der Waals surface area contributed by atoms with Crippen LogP contribution in [0.15, 0.2) is 18.2 Å². The number of hydrogen-bond donors (Lipinski definition) is 1. The Bertz CT molecular complexity index is 457. The molecule has 0 unspecified atom stereocenters. The van der Waals surface area contributed by atoms with Gasteiger partial charge in [0.1, 0.15) is 0 Å². The van der Waals surface area contributed by atoms with Gasteiger partial charge in [-0.3, -0.25) is 9.69 Å². The Morgan fingerprint density at radius 1 is 1.42 bits per heavy atom. The van der Waals surface area contributed by atoms with Gasteiger partial charge in [-0.1, -0.05) is 26.0 Å². The van der Waals surface area contributed by atoms with Crippen molar-refractivity contribution in [3.63, 3.8) is 0 Å². The van der Waals surface area contributed by atoms with Crippen LogP contribution in [-0.4, -0.2) is 31.1 Å². The molecular weight excluding hydrogens is 240 g/mol. The monoisotopic (exact) mass is 262 g/mol. The van der Waals surface area contributed by atoms with Crippen molar-refractivity contribution in [2.24, 2.45) is 5.92 Å². The molecule has 0 saturated carbocycles. The number of methoxy groups -OCH3 is 1. The molecule has 0 aliphatic carbocycles. The Kier molecular flexibility index (Phi) is 4.56.